The molecule has 5 nitrogen and oxygen atoms in total. The third-order valence-corrected chi connectivity index (χ3v) is 9.43. The minimum absolute atomic E-state index is 0.0131. The molecule has 5 heteroatoms. The summed E-state index contributed by atoms with van der Waals surface area (Å²) >= 11 is 0. The molecular weight excluding hydrogens is 582 g/mol. The molecule has 0 aliphatic heterocycles. The fraction of sp³-hybridized carbons (Fsp3) is 0.810. The van der Waals surface area contributed by atoms with Gasteiger partial charge in [0.15, 0.2) is 0 Å². The van der Waals surface area contributed by atoms with Crippen molar-refractivity contribution in [3.63, 3.8) is 0 Å². The van der Waals surface area contributed by atoms with E-state index in [1.165, 1.54) is 127 Å². The van der Waals surface area contributed by atoms with Crippen LogP contribution < -0.4 is 4.74 Å². The standard InChI is InChI=1S/C42H75NO4/c1-5-9-12-13-20-27-36-46-41(44)30-23-16-14-18-25-34-43(8-4)35-26-19-15-17-24-31-42(45)47-40-33-32-38(28-21-10-6-2)39(37-40)29-22-11-7-3/h32-33,37H,5-31,34-36H2,1-4H3. The Morgan fingerprint density at radius 2 is 1.02 bits per heavy atom. The molecule has 0 bridgehead atoms. The van der Waals surface area contributed by atoms with Crippen LogP contribution in [-0.2, 0) is 27.2 Å². The van der Waals surface area contributed by atoms with Crippen LogP contribution >= 0.6 is 0 Å². The molecule has 0 unspecified atom stereocenters. The Kier molecular flexibility index (Phi) is 28.8. The van der Waals surface area contributed by atoms with E-state index in [9.17, 15) is 9.59 Å². The Labute approximate surface area is 291 Å². The average molecular weight is 658 g/mol. The number of aryl methyl sites for hydroxylation is 2. The van der Waals surface area contributed by atoms with Crippen molar-refractivity contribution in [2.75, 3.05) is 26.2 Å². The largest absolute Gasteiger partial charge is 0.466 e. The van der Waals surface area contributed by atoms with Gasteiger partial charge in [-0.1, -0.05) is 130 Å². The van der Waals surface area contributed by atoms with Crippen LogP contribution in [0.4, 0.5) is 0 Å². The molecule has 1 aromatic rings. The van der Waals surface area contributed by atoms with Gasteiger partial charge >= 0.3 is 11.9 Å². The lowest BCUT2D eigenvalue weighted by Gasteiger charge is -2.20. The molecule has 0 aliphatic rings. The number of carbonyl (C=O) groups excluding carboxylic acids is 2. The predicted octanol–water partition coefficient (Wildman–Crippen LogP) is 12.0. The zero-order chi connectivity index (χ0) is 34.2. The highest BCUT2D eigenvalue weighted by molar-refractivity contribution is 5.72. The van der Waals surface area contributed by atoms with Gasteiger partial charge in [0.1, 0.15) is 5.75 Å². The zero-order valence-electron chi connectivity index (χ0n) is 31.5. The van der Waals surface area contributed by atoms with E-state index in [1.54, 1.807) is 0 Å². The van der Waals surface area contributed by atoms with Gasteiger partial charge in [0, 0.05) is 12.8 Å². The highest BCUT2D eigenvalue weighted by atomic mass is 16.5. The van der Waals surface area contributed by atoms with Gasteiger partial charge in [0.2, 0.25) is 0 Å². The van der Waals surface area contributed by atoms with Gasteiger partial charge in [-0.15, -0.1) is 0 Å². The average Bonchev–Trinajstić information content (AvgIpc) is 3.07. The van der Waals surface area contributed by atoms with Gasteiger partial charge in [-0.3, -0.25) is 9.59 Å². The summed E-state index contributed by atoms with van der Waals surface area (Å²) in [7, 11) is 0. The molecule has 0 fully saturated rings. The molecule has 0 N–H and O–H groups in total. The second-order valence-electron chi connectivity index (χ2n) is 13.8. The van der Waals surface area contributed by atoms with E-state index in [-0.39, 0.29) is 11.9 Å². The monoisotopic (exact) mass is 658 g/mol. The summed E-state index contributed by atoms with van der Waals surface area (Å²) in [5, 5.41) is 0. The second-order valence-corrected chi connectivity index (χ2v) is 13.8. The lowest BCUT2D eigenvalue weighted by Crippen LogP contribution is -2.25. The van der Waals surface area contributed by atoms with Crippen molar-refractivity contribution in [3.05, 3.63) is 29.3 Å². The Bertz CT molecular complexity index is 885. The molecule has 0 aliphatic carbocycles. The molecule has 1 rings (SSSR count). The third-order valence-electron chi connectivity index (χ3n) is 9.43. The SMILES string of the molecule is CCCCCCCCOC(=O)CCCCCCCN(CC)CCCCCCCC(=O)Oc1ccc(CCCCC)c(CCCCC)c1. The number of esters is 2. The summed E-state index contributed by atoms with van der Waals surface area (Å²) < 4.78 is 11.1. The van der Waals surface area contributed by atoms with E-state index in [4.69, 9.17) is 9.47 Å². The molecular formula is C42H75NO4. The predicted molar refractivity (Wildman–Crippen MR) is 200 cm³/mol. The fourth-order valence-corrected chi connectivity index (χ4v) is 6.29. The van der Waals surface area contributed by atoms with Crippen molar-refractivity contribution in [2.24, 2.45) is 0 Å². The first-order chi connectivity index (χ1) is 23.0. The summed E-state index contributed by atoms with van der Waals surface area (Å²) in [5.74, 6) is 0.615. The van der Waals surface area contributed by atoms with Gasteiger partial charge in [-0.05, 0) is 101 Å². The highest BCUT2D eigenvalue weighted by Crippen LogP contribution is 2.23. The van der Waals surface area contributed by atoms with E-state index < -0.39 is 0 Å². The van der Waals surface area contributed by atoms with Crippen molar-refractivity contribution in [3.8, 4) is 5.75 Å². The summed E-state index contributed by atoms with van der Waals surface area (Å²) in [6.07, 6.45) is 29.4. The number of benzene rings is 1. The fourth-order valence-electron chi connectivity index (χ4n) is 6.29. The van der Waals surface area contributed by atoms with Gasteiger partial charge < -0.3 is 14.4 Å². The lowest BCUT2D eigenvalue weighted by molar-refractivity contribution is -0.144. The first-order valence-electron chi connectivity index (χ1n) is 20.2. The summed E-state index contributed by atoms with van der Waals surface area (Å²) in [6.45, 7) is 13.0. The molecule has 0 spiro atoms. The van der Waals surface area contributed by atoms with E-state index in [1.807, 2.05) is 6.07 Å². The van der Waals surface area contributed by atoms with Crippen LogP contribution in [0.2, 0.25) is 0 Å². The minimum atomic E-state index is -0.0937. The lowest BCUT2D eigenvalue weighted by atomic mass is 9.97. The van der Waals surface area contributed by atoms with Crippen LogP contribution in [0, 0.1) is 0 Å². The van der Waals surface area contributed by atoms with Crippen molar-refractivity contribution in [2.45, 2.75) is 195 Å². The smallest absolute Gasteiger partial charge is 0.311 e. The summed E-state index contributed by atoms with van der Waals surface area (Å²) in [4.78, 5) is 27.0. The van der Waals surface area contributed by atoms with E-state index in [2.05, 4.69) is 44.7 Å². The molecule has 272 valence electrons. The maximum absolute atomic E-state index is 12.5. The van der Waals surface area contributed by atoms with Crippen LogP contribution in [0.15, 0.2) is 18.2 Å². The molecule has 0 aromatic heterocycles. The summed E-state index contributed by atoms with van der Waals surface area (Å²) in [5.41, 5.74) is 2.80. The Hall–Kier alpha value is -1.88. The molecule has 0 saturated carbocycles. The zero-order valence-corrected chi connectivity index (χ0v) is 31.5. The van der Waals surface area contributed by atoms with E-state index in [0.717, 1.165) is 63.8 Å². The second kappa shape index (κ2) is 31.4. The van der Waals surface area contributed by atoms with E-state index >= 15 is 0 Å². The first kappa shape index (κ1) is 43.1. The number of hydrogen-bond donors (Lipinski definition) is 0. The maximum atomic E-state index is 12.5. The normalized spacial score (nSPS) is 11.3. The maximum Gasteiger partial charge on any atom is 0.311 e. The Morgan fingerprint density at radius 1 is 0.532 bits per heavy atom. The van der Waals surface area contributed by atoms with Gasteiger partial charge in [-0.2, -0.15) is 0 Å². The molecule has 0 amide bonds. The Morgan fingerprint density at radius 3 is 1.62 bits per heavy atom. The summed E-state index contributed by atoms with van der Waals surface area (Å²) in [6, 6.07) is 6.32. The minimum Gasteiger partial charge on any atom is -0.466 e. The highest BCUT2D eigenvalue weighted by Gasteiger charge is 2.10. The van der Waals surface area contributed by atoms with Crippen LogP contribution in [0.25, 0.3) is 0 Å². The van der Waals surface area contributed by atoms with E-state index in [0.29, 0.717) is 19.4 Å². The number of nitrogens with zero attached hydrogens (tertiary/aromatic N) is 1. The van der Waals surface area contributed by atoms with Crippen LogP contribution in [0.3, 0.4) is 0 Å². The molecule has 47 heavy (non-hydrogen) atoms. The van der Waals surface area contributed by atoms with Crippen molar-refractivity contribution < 1.29 is 19.1 Å². The third kappa shape index (κ3) is 24.9. The quantitative estimate of drug-likeness (QED) is 0.0428. The number of rotatable bonds is 33. The van der Waals surface area contributed by atoms with Crippen LogP contribution in [0.1, 0.15) is 193 Å². The molecule has 0 radical (unpaired) electrons. The molecule has 0 atom stereocenters. The van der Waals surface area contributed by atoms with Crippen molar-refractivity contribution in [1.29, 1.82) is 0 Å². The molecule has 0 heterocycles. The topological polar surface area (TPSA) is 55.8 Å². The number of hydrogen-bond acceptors (Lipinski definition) is 5. The van der Waals surface area contributed by atoms with Gasteiger partial charge in [0.05, 0.1) is 6.61 Å². The number of unbranched alkanes of at least 4 members (excludes halogenated alkanes) is 17. The molecule has 0 saturated heterocycles. The first-order valence-corrected chi connectivity index (χ1v) is 20.2. The number of ether oxygens (including phenoxy) is 2. The van der Waals surface area contributed by atoms with Crippen LogP contribution in [0.5, 0.6) is 5.75 Å². The number of carbonyl (C=O) groups is 2. The van der Waals surface area contributed by atoms with Gasteiger partial charge in [0.25, 0.3) is 0 Å². The van der Waals surface area contributed by atoms with Gasteiger partial charge in [-0.25, -0.2) is 0 Å². The van der Waals surface area contributed by atoms with Crippen LogP contribution in [-0.4, -0.2) is 43.1 Å². The van der Waals surface area contributed by atoms with Crippen molar-refractivity contribution >= 4 is 11.9 Å². The Balaban J connectivity index is 2.08. The molecule has 1 aromatic carbocycles. The van der Waals surface area contributed by atoms with Crippen molar-refractivity contribution in [1.82, 2.24) is 4.90 Å².